The summed E-state index contributed by atoms with van der Waals surface area (Å²) in [6.45, 7) is 7.43. The van der Waals surface area contributed by atoms with E-state index in [2.05, 4.69) is 25.8 Å². The predicted octanol–water partition coefficient (Wildman–Crippen LogP) is 4.84. The van der Waals surface area contributed by atoms with Gasteiger partial charge in [-0.3, -0.25) is 9.59 Å². The topological polar surface area (TPSA) is 88.6 Å². The quantitative estimate of drug-likeness (QED) is 0.487. The van der Waals surface area contributed by atoms with Crippen molar-refractivity contribution in [2.75, 3.05) is 6.54 Å². The zero-order valence-electron chi connectivity index (χ0n) is 19.6. The van der Waals surface area contributed by atoms with Gasteiger partial charge in [-0.05, 0) is 47.2 Å². The number of carbonyl (C=O) groups is 2. The van der Waals surface area contributed by atoms with Crippen molar-refractivity contribution in [1.82, 2.24) is 14.5 Å². The van der Waals surface area contributed by atoms with Crippen molar-refractivity contribution < 1.29 is 19.1 Å². The van der Waals surface area contributed by atoms with Crippen LogP contribution < -0.4 is 0 Å². The highest BCUT2D eigenvalue weighted by molar-refractivity contribution is 6.14. The van der Waals surface area contributed by atoms with Gasteiger partial charge in [0, 0.05) is 25.5 Å². The van der Waals surface area contributed by atoms with E-state index < -0.39 is 23.5 Å². The lowest BCUT2D eigenvalue weighted by atomic mass is 9.85. The van der Waals surface area contributed by atoms with Crippen molar-refractivity contribution in [2.45, 2.75) is 45.2 Å². The molecule has 1 aromatic carbocycles. The molecule has 1 aliphatic heterocycles. The smallest absolute Gasteiger partial charge is 0.290 e. The molecule has 0 aliphatic carbocycles. The van der Waals surface area contributed by atoms with Gasteiger partial charge in [-0.25, -0.2) is 4.98 Å². The molecule has 0 saturated heterocycles. The normalized spacial score (nSPS) is 16.7. The fourth-order valence-electron chi connectivity index (χ4n) is 4.12. The van der Waals surface area contributed by atoms with E-state index >= 15 is 0 Å². The van der Waals surface area contributed by atoms with E-state index in [9.17, 15) is 14.7 Å². The molecular weight excluding hydrogens is 430 g/mol. The molecule has 34 heavy (non-hydrogen) atoms. The van der Waals surface area contributed by atoms with Crippen LogP contribution in [0.25, 0.3) is 6.08 Å². The van der Waals surface area contributed by atoms with Gasteiger partial charge in [0.05, 0.1) is 24.2 Å². The summed E-state index contributed by atoms with van der Waals surface area (Å²) in [5.74, 6) is -0.947. The van der Waals surface area contributed by atoms with E-state index in [1.165, 1.54) is 18.4 Å². The highest BCUT2D eigenvalue weighted by Gasteiger charge is 2.42. The van der Waals surface area contributed by atoms with Crippen LogP contribution in [-0.2, 0) is 21.5 Å². The minimum Gasteiger partial charge on any atom is -0.503 e. The molecule has 7 heteroatoms. The van der Waals surface area contributed by atoms with Crippen molar-refractivity contribution in [3.05, 3.63) is 95.7 Å². The molecule has 0 fully saturated rings. The molecule has 3 aromatic rings. The molecule has 7 nitrogen and oxygen atoms in total. The largest absolute Gasteiger partial charge is 0.503 e. The highest BCUT2D eigenvalue weighted by atomic mass is 16.3. The number of aliphatic hydroxyl groups is 1. The number of amides is 1. The third-order valence-corrected chi connectivity index (χ3v) is 5.98. The minimum atomic E-state index is -0.668. The first kappa shape index (κ1) is 23.3. The number of rotatable bonds is 8. The highest BCUT2D eigenvalue weighted by Crippen LogP contribution is 2.39. The second-order valence-electron chi connectivity index (χ2n) is 9.40. The Kier molecular flexibility index (Phi) is 6.54. The van der Waals surface area contributed by atoms with Crippen LogP contribution in [0.4, 0.5) is 0 Å². The number of furan rings is 1. The number of aromatic nitrogens is 2. The maximum atomic E-state index is 13.2. The molecule has 176 valence electrons. The monoisotopic (exact) mass is 459 g/mol. The van der Waals surface area contributed by atoms with Gasteiger partial charge in [0.1, 0.15) is 5.76 Å². The molecule has 1 aliphatic rings. The summed E-state index contributed by atoms with van der Waals surface area (Å²) in [6, 6.07) is 10.7. The first-order valence-corrected chi connectivity index (χ1v) is 11.3. The molecule has 4 rings (SSSR count). The van der Waals surface area contributed by atoms with E-state index in [-0.39, 0.29) is 11.0 Å². The Bertz CT molecular complexity index is 1200. The van der Waals surface area contributed by atoms with Gasteiger partial charge in [0.2, 0.25) is 0 Å². The summed E-state index contributed by atoms with van der Waals surface area (Å²) >= 11 is 0. The molecule has 0 bridgehead atoms. The van der Waals surface area contributed by atoms with Crippen LogP contribution in [0.15, 0.2) is 83.2 Å². The van der Waals surface area contributed by atoms with Crippen molar-refractivity contribution in [3.8, 4) is 0 Å². The number of nitrogens with zero attached hydrogens (tertiary/aromatic N) is 3. The van der Waals surface area contributed by atoms with Crippen LogP contribution in [0.2, 0.25) is 0 Å². The number of hydrogen-bond donors (Lipinski definition) is 1. The minimum absolute atomic E-state index is 0.0308. The molecule has 1 N–H and O–H groups in total. The van der Waals surface area contributed by atoms with Crippen molar-refractivity contribution in [3.63, 3.8) is 0 Å². The Morgan fingerprint density at radius 3 is 2.56 bits per heavy atom. The van der Waals surface area contributed by atoms with Gasteiger partial charge >= 0.3 is 0 Å². The standard InChI is InChI=1S/C27H29N3O4/c1-27(2,3)20-9-7-19(8-10-20)24-23(22(31)12-11-21-6-4-17-34-21)25(32)26(33)30(24)15-5-14-29-16-13-28-18-29/h4,6-13,16-18,24,32H,5,14-15H2,1-3H3/b12-11+/t24-/m0/s1. The average molecular weight is 460 g/mol. The second kappa shape index (κ2) is 9.55. The van der Waals surface area contributed by atoms with Crippen LogP contribution in [0, 0.1) is 0 Å². The second-order valence-corrected chi connectivity index (χ2v) is 9.40. The van der Waals surface area contributed by atoms with E-state index in [1.807, 2.05) is 35.0 Å². The van der Waals surface area contributed by atoms with Crippen LogP contribution >= 0.6 is 0 Å². The zero-order chi connectivity index (χ0) is 24.3. The third kappa shape index (κ3) is 4.88. The van der Waals surface area contributed by atoms with E-state index in [4.69, 9.17) is 4.42 Å². The first-order valence-electron chi connectivity index (χ1n) is 11.3. The molecule has 3 heterocycles. The van der Waals surface area contributed by atoms with Crippen molar-refractivity contribution in [1.29, 1.82) is 0 Å². The fourth-order valence-corrected chi connectivity index (χ4v) is 4.12. The number of aryl methyl sites for hydroxylation is 1. The summed E-state index contributed by atoms with van der Waals surface area (Å²) in [4.78, 5) is 31.9. The van der Waals surface area contributed by atoms with Gasteiger partial charge in [-0.15, -0.1) is 0 Å². The van der Waals surface area contributed by atoms with E-state index in [1.54, 1.807) is 29.6 Å². The molecule has 2 aromatic heterocycles. The van der Waals surface area contributed by atoms with Gasteiger partial charge in [-0.2, -0.15) is 0 Å². The van der Waals surface area contributed by atoms with Crippen LogP contribution in [0.3, 0.4) is 0 Å². The number of imidazole rings is 1. The molecule has 1 atom stereocenters. The average Bonchev–Trinajstić information content (AvgIpc) is 3.56. The summed E-state index contributed by atoms with van der Waals surface area (Å²) in [5, 5.41) is 10.7. The summed E-state index contributed by atoms with van der Waals surface area (Å²) < 4.78 is 7.19. The van der Waals surface area contributed by atoms with E-state index in [0.717, 1.165) is 11.1 Å². The number of carbonyl (C=O) groups excluding carboxylic acids is 2. The van der Waals surface area contributed by atoms with E-state index in [0.29, 0.717) is 25.3 Å². The number of aliphatic hydroxyl groups excluding tert-OH is 1. The molecule has 0 radical (unpaired) electrons. The summed E-state index contributed by atoms with van der Waals surface area (Å²) in [7, 11) is 0. The van der Waals surface area contributed by atoms with Crippen LogP contribution in [0.5, 0.6) is 0 Å². The molecule has 0 unspecified atom stereocenters. The van der Waals surface area contributed by atoms with Gasteiger partial charge in [0.25, 0.3) is 5.91 Å². The first-order chi connectivity index (χ1) is 16.3. The van der Waals surface area contributed by atoms with Gasteiger partial charge in [0.15, 0.2) is 11.5 Å². The van der Waals surface area contributed by atoms with Crippen LogP contribution in [0.1, 0.15) is 50.1 Å². The lowest BCUT2D eigenvalue weighted by molar-refractivity contribution is -0.129. The molecule has 1 amide bonds. The molecule has 0 saturated carbocycles. The zero-order valence-corrected chi connectivity index (χ0v) is 19.6. The maximum absolute atomic E-state index is 13.2. The summed E-state index contributed by atoms with van der Waals surface area (Å²) in [6.07, 6.45) is 10.3. The van der Waals surface area contributed by atoms with Crippen molar-refractivity contribution >= 4 is 17.8 Å². The number of hydrogen-bond acceptors (Lipinski definition) is 5. The maximum Gasteiger partial charge on any atom is 0.290 e. The third-order valence-electron chi connectivity index (χ3n) is 5.98. The Morgan fingerprint density at radius 1 is 1.18 bits per heavy atom. The van der Waals surface area contributed by atoms with Gasteiger partial charge < -0.3 is 19.0 Å². The van der Waals surface area contributed by atoms with Crippen molar-refractivity contribution in [2.24, 2.45) is 0 Å². The van der Waals surface area contributed by atoms with Crippen LogP contribution in [-0.4, -0.2) is 37.8 Å². The fraction of sp³-hybridized carbons (Fsp3) is 0.296. The molecule has 0 spiro atoms. The lowest BCUT2D eigenvalue weighted by Gasteiger charge is -2.27. The predicted molar refractivity (Wildman–Crippen MR) is 129 cm³/mol. The van der Waals surface area contributed by atoms with Gasteiger partial charge in [-0.1, -0.05) is 45.0 Å². The Hall–Kier alpha value is -3.87. The Labute approximate surface area is 199 Å². The Morgan fingerprint density at radius 2 is 1.94 bits per heavy atom. The SMILES string of the molecule is CC(C)(C)c1ccc([C@H]2C(C(=O)/C=C/c3ccco3)=C(O)C(=O)N2CCCn2ccnc2)cc1. The number of allylic oxidation sites excluding steroid dienone is 1. The Balaban J connectivity index is 1.64. The number of ketones is 1. The molecular formula is C27H29N3O4. The summed E-state index contributed by atoms with van der Waals surface area (Å²) in [5.41, 5.74) is 1.98. The number of benzene rings is 1. The lowest BCUT2D eigenvalue weighted by Crippen LogP contribution is -2.32.